The van der Waals surface area contributed by atoms with E-state index in [4.69, 9.17) is 5.26 Å². The number of rotatable bonds is 3. The SMILES string of the molecule is CC1CC(C#N)(C(=O)N(C)C(C)(C)CO)C1. The summed E-state index contributed by atoms with van der Waals surface area (Å²) in [6.07, 6.45) is 1.27. The summed E-state index contributed by atoms with van der Waals surface area (Å²) >= 11 is 0. The fraction of sp³-hybridized carbons (Fsp3) is 0.833. The monoisotopic (exact) mass is 224 g/mol. The molecule has 0 aliphatic heterocycles. The van der Waals surface area contributed by atoms with Gasteiger partial charge in [0.05, 0.1) is 18.2 Å². The van der Waals surface area contributed by atoms with Crippen LogP contribution in [0.3, 0.4) is 0 Å². The van der Waals surface area contributed by atoms with Crippen molar-refractivity contribution in [3.05, 3.63) is 0 Å². The quantitative estimate of drug-likeness (QED) is 0.782. The van der Waals surface area contributed by atoms with E-state index in [0.717, 1.165) is 0 Å². The lowest BCUT2D eigenvalue weighted by molar-refractivity contribution is -0.150. The van der Waals surface area contributed by atoms with Crippen molar-refractivity contribution in [3.8, 4) is 6.07 Å². The molecule has 0 aromatic rings. The highest BCUT2D eigenvalue weighted by Crippen LogP contribution is 2.46. The largest absolute Gasteiger partial charge is 0.394 e. The number of amides is 1. The Labute approximate surface area is 96.9 Å². The smallest absolute Gasteiger partial charge is 0.243 e. The van der Waals surface area contributed by atoms with Crippen LogP contribution in [0.5, 0.6) is 0 Å². The van der Waals surface area contributed by atoms with Gasteiger partial charge in [0.25, 0.3) is 0 Å². The van der Waals surface area contributed by atoms with Crippen LogP contribution in [0.2, 0.25) is 0 Å². The number of hydrogen-bond donors (Lipinski definition) is 1. The highest BCUT2D eigenvalue weighted by atomic mass is 16.3. The van der Waals surface area contributed by atoms with Crippen LogP contribution in [-0.2, 0) is 4.79 Å². The van der Waals surface area contributed by atoms with Crippen molar-refractivity contribution in [2.24, 2.45) is 11.3 Å². The van der Waals surface area contributed by atoms with E-state index in [1.807, 2.05) is 6.92 Å². The topological polar surface area (TPSA) is 64.3 Å². The number of nitriles is 1. The summed E-state index contributed by atoms with van der Waals surface area (Å²) in [4.78, 5) is 13.7. The molecule has 0 aromatic heterocycles. The number of nitrogens with zero attached hydrogens (tertiary/aromatic N) is 2. The van der Waals surface area contributed by atoms with Crippen LogP contribution in [0, 0.1) is 22.7 Å². The molecule has 0 saturated heterocycles. The lowest BCUT2D eigenvalue weighted by Gasteiger charge is -2.45. The zero-order chi connectivity index (χ0) is 12.6. The Hall–Kier alpha value is -1.08. The van der Waals surface area contributed by atoms with Gasteiger partial charge in [-0.2, -0.15) is 5.26 Å². The van der Waals surface area contributed by atoms with E-state index in [9.17, 15) is 9.90 Å². The number of likely N-dealkylation sites (N-methyl/N-ethyl adjacent to an activating group) is 1. The van der Waals surface area contributed by atoms with E-state index in [0.29, 0.717) is 18.8 Å². The van der Waals surface area contributed by atoms with Crippen molar-refractivity contribution in [3.63, 3.8) is 0 Å². The second-order valence-electron chi connectivity index (χ2n) is 5.54. The first-order chi connectivity index (χ1) is 7.29. The molecule has 1 fully saturated rings. The summed E-state index contributed by atoms with van der Waals surface area (Å²) in [6.45, 7) is 5.52. The number of carbonyl (C=O) groups excluding carboxylic acids is 1. The van der Waals surface area contributed by atoms with Crippen molar-refractivity contribution >= 4 is 5.91 Å². The molecule has 1 aliphatic carbocycles. The fourth-order valence-corrected chi connectivity index (χ4v) is 2.15. The van der Waals surface area contributed by atoms with Gasteiger partial charge in [-0.15, -0.1) is 0 Å². The Kier molecular flexibility index (Phi) is 3.30. The standard InChI is InChI=1S/C12H20N2O2/c1-9-5-12(6-9,7-13)10(16)14(4)11(2,3)8-15/h9,15H,5-6,8H2,1-4H3. The van der Waals surface area contributed by atoms with E-state index < -0.39 is 11.0 Å². The first-order valence-electron chi connectivity index (χ1n) is 5.59. The van der Waals surface area contributed by atoms with Crippen LogP contribution in [0.15, 0.2) is 0 Å². The molecule has 0 atom stereocenters. The third kappa shape index (κ3) is 1.92. The van der Waals surface area contributed by atoms with Gasteiger partial charge in [0, 0.05) is 7.05 Å². The normalized spacial score (nSPS) is 29.1. The third-order valence-corrected chi connectivity index (χ3v) is 3.62. The highest BCUT2D eigenvalue weighted by Gasteiger charge is 2.51. The van der Waals surface area contributed by atoms with Crippen molar-refractivity contribution in [2.45, 2.75) is 39.2 Å². The molecule has 4 heteroatoms. The Morgan fingerprint density at radius 1 is 1.62 bits per heavy atom. The Morgan fingerprint density at radius 3 is 2.44 bits per heavy atom. The van der Waals surface area contributed by atoms with Gasteiger partial charge in [-0.3, -0.25) is 4.79 Å². The molecule has 1 rings (SSSR count). The first kappa shape index (κ1) is 13.0. The summed E-state index contributed by atoms with van der Waals surface area (Å²) in [5.74, 6) is 0.279. The molecule has 1 N–H and O–H groups in total. The second kappa shape index (κ2) is 4.06. The molecule has 0 radical (unpaired) electrons. The summed E-state index contributed by atoms with van der Waals surface area (Å²) in [6, 6.07) is 2.15. The molecule has 0 heterocycles. The highest BCUT2D eigenvalue weighted by molar-refractivity contribution is 5.87. The van der Waals surface area contributed by atoms with Gasteiger partial charge in [0.1, 0.15) is 5.41 Å². The Morgan fingerprint density at radius 2 is 2.12 bits per heavy atom. The number of aliphatic hydroxyl groups is 1. The lowest BCUT2D eigenvalue weighted by Crippen LogP contribution is -2.56. The van der Waals surface area contributed by atoms with Gasteiger partial charge in [0.15, 0.2) is 0 Å². The molecular formula is C12H20N2O2. The van der Waals surface area contributed by atoms with Gasteiger partial charge in [0.2, 0.25) is 5.91 Å². The number of carbonyl (C=O) groups is 1. The van der Waals surface area contributed by atoms with E-state index in [-0.39, 0.29) is 12.5 Å². The average molecular weight is 224 g/mol. The van der Waals surface area contributed by atoms with E-state index in [1.165, 1.54) is 4.90 Å². The second-order valence-corrected chi connectivity index (χ2v) is 5.54. The third-order valence-electron chi connectivity index (χ3n) is 3.62. The maximum atomic E-state index is 12.2. The van der Waals surface area contributed by atoms with Gasteiger partial charge in [-0.25, -0.2) is 0 Å². The predicted molar refractivity (Wildman–Crippen MR) is 60.4 cm³/mol. The Bertz CT molecular complexity index is 324. The van der Waals surface area contributed by atoms with Gasteiger partial charge >= 0.3 is 0 Å². The number of aliphatic hydroxyl groups excluding tert-OH is 1. The van der Waals surface area contributed by atoms with Crippen molar-refractivity contribution < 1.29 is 9.90 Å². The zero-order valence-corrected chi connectivity index (χ0v) is 10.4. The van der Waals surface area contributed by atoms with Crippen molar-refractivity contribution in [1.29, 1.82) is 5.26 Å². The van der Waals surface area contributed by atoms with Gasteiger partial charge in [-0.05, 0) is 32.6 Å². The molecule has 0 unspecified atom stereocenters. The molecule has 0 bridgehead atoms. The molecule has 0 spiro atoms. The molecule has 1 saturated carbocycles. The minimum atomic E-state index is -0.847. The van der Waals surface area contributed by atoms with Gasteiger partial charge < -0.3 is 10.0 Å². The minimum Gasteiger partial charge on any atom is -0.394 e. The van der Waals surface area contributed by atoms with E-state index >= 15 is 0 Å². The molecule has 4 nitrogen and oxygen atoms in total. The van der Waals surface area contributed by atoms with Crippen LogP contribution in [-0.4, -0.2) is 35.1 Å². The van der Waals surface area contributed by atoms with Gasteiger partial charge in [-0.1, -0.05) is 6.92 Å². The van der Waals surface area contributed by atoms with Crippen LogP contribution in [0.25, 0.3) is 0 Å². The minimum absolute atomic E-state index is 0.105. The van der Waals surface area contributed by atoms with Crippen LogP contribution in [0.1, 0.15) is 33.6 Å². The summed E-state index contributed by atoms with van der Waals surface area (Å²) in [5.41, 5.74) is -1.46. The lowest BCUT2D eigenvalue weighted by atomic mass is 9.62. The summed E-state index contributed by atoms with van der Waals surface area (Å²) in [7, 11) is 1.65. The average Bonchev–Trinajstić information content (AvgIpc) is 2.22. The van der Waals surface area contributed by atoms with Crippen LogP contribution < -0.4 is 0 Å². The molecule has 90 valence electrons. The maximum absolute atomic E-state index is 12.2. The molecule has 16 heavy (non-hydrogen) atoms. The number of hydrogen-bond acceptors (Lipinski definition) is 3. The first-order valence-corrected chi connectivity index (χ1v) is 5.59. The van der Waals surface area contributed by atoms with Crippen LogP contribution in [0.4, 0.5) is 0 Å². The van der Waals surface area contributed by atoms with Crippen LogP contribution >= 0.6 is 0 Å². The molecule has 1 aliphatic rings. The van der Waals surface area contributed by atoms with Crippen molar-refractivity contribution in [1.82, 2.24) is 4.90 Å². The summed E-state index contributed by atoms with van der Waals surface area (Å²) in [5, 5.41) is 18.4. The summed E-state index contributed by atoms with van der Waals surface area (Å²) < 4.78 is 0. The Balaban J connectivity index is 2.83. The van der Waals surface area contributed by atoms with E-state index in [1.54, 1.807) is 20.9 Å². The molecule has 0 aromatic carbocycles. The predicted octanol–water partition coefficient (Wildman–Crippen LogP) is 1.16. The van der Waals surface area contributed by atoms with E-state index in [2.05, 4.69) is 6.07 Å². The zero-order valence-electron chi connectivity index (χ0n) is 10.4. The van der Waals surface area contributed by atoms with Crippen molar-refractivity contribution in [2.75, 3.05) is 13.7 Å². The molecular weight excluding hydrogens is 204 g/mol. The molecule has 1 amide bonds. The maximum Gasteiger partial charge on any atom is 0.243 e. The fourth-order valence-electron chi connectivity index (χ4n) is 2.15.